The van der Waals surface area contributed by atoms with Crippen molar-refractivity contribution in [3.05, 3.63) is 64.3 Å². The van der Waals surface area contributed by atoms with Gasteiger partial charge in [-0.25, -0.2) is 9.18 Å². The predicted octanol–water partition coefficient (Wildman–Crippen LogP) is 4.64. The Kier molecular flexibility index (Phi) is 7.19. The maximum atomic E-state index is 13.8. The highest BCUT2D eigenvalue weighted by Gasteiger charge is 2.34. The number of rotatable bonds is 7. The number of hydrogen-bond donors (Lipinski definition) is 3. The number of benzene rings is 2. The first kappa shape index (κ1) is 22.6. The van der Waals surface area contributed by atoms with Gasteiger partial charge in [-0.05, 0) is 43.2 Å². The highest BCUT2D eigenvalue weighted by Crippen LogP contribution is 2.38. The van der Waals surface area contributed by atoms with Gasteiger partial charge in [0.05, 0.1) is 26.3 Å². The van der Waals surface area contributed by atoms with E-state index in [9.17, 15) is 29.0 Å². The molecule has 0 saturated carbocycles. The number of phenolic OH excluding ortho intramolecular Hbond substituents is 1. The van der Waals surface area contributed by atoms with Crippen molar-refractivity contribution in [2.24, 2.45) is 5.92 Å². The molecule has 31 heavy (non-hydrogen) atoms. The fourth-order valence-corrected chi connectivity index (χ4v) is 4.60. The lowest BCUT2D eigenvalue weighted by Gasteiger charge is -2.10. The number of carboxylic acid groups (broad SMARTS) is 1. The van der Waals surface area contributed by atoms with Crippen molar-refractivity contribution >= 4 is 57.6 Å². The number of nitrogens with one attached hydrogen (secondary N) is 1. The standard InChI is InChI=1S/C22H18FNO5S2/c23-16-6-2-1-4-12(16)10-18-20(27)14(22(30)31-18)5-3-7-19(26)24-17-9-8-13(25)11-15(17)21(28)29/h1-2,4,6,8-11,14,25H,3,5,7H2,(H,24,26)(H,28,29). The molecule has 1 saturated heterocycles. The van der Waals surface area contributed by atoms with Crippen molar-refractivity contribution in [3.8, 4) is 5.75 Å². The zero-order valence-electron chi connectivity index (χ0n) is 16.1. The summed E-state index contributed by atoms with van der Waals surface area (Å²) in [6, 6.07) is 9.77. The van der Waals surface area contributed by atoms with E-state index >= 15 is 0 Å². The quantitative estimate of drug-likeness (QED) is 0.315. The lowest BCUT2D eigenvalue weighted by Crippen LogP contribution is -2.17. The number of allylic oxidation sites excluding steroid dienone is 1. The number of carbonyl (C=O) groups excluding carboxylic acids is 2. The second-order valence-corrected chi connectivity index (χ2v) is 8.63. The highest BCUT2D eigenvalue weighted by atomic mass is 32.2. The normalized spacial score (nSPS) is 17.2. The second-order valence-electron chi connectivity index (χ2n) is 6.84. The molecule has 1 heterocycles. The van der Waals surface area contributed by atoms with E-state index in [2.05, 4.69) is 5.32 Å². The molecule has 1 aliphatic rings. The number of amides is 1. The SMILES string of the molecule is O=C(CCCC1C(=O)C(=Cc2ccccc2F)SC1=S)Nc1ccc(O)cc1C(=O)O. The Morgan fingerprint density at radius 1 is 1.23 bits per heavy atom. The van der Waals surface area contributed by atoms with Crippen LogP contribution in [-0.4, -0.2) is 32.1 Å². The third kappa shape index (κ3) is 5.56. The minimum absolute atomic E-state index is 0.0589. The fraction of sp³-hybridized carbons (Fsp3) is 0.182. The topological polar surface area (TPSA) is 104 Å². The van der Waals surface area contributed by atoms with Gasteiger partial charge in [0.2, 0.25) is 5.91 Å². The van der Waals surface area contributed by atoms with Gasteiger partial charge in [-0.15, -0.1) is 0 Å². The zero-order chi connectivity index (χ0) is 22.5. The molecule has 6 nitrogen and oxygen atoms in total. The molecule has 0 radical (unpaired) electrons. The van der Waals surface area contributed by atoms with Crippen molar-refractivity contribution in [2.45, 2.75) is 19.3 Å². The van der Waals surface area contributed by atoms with Crippen LogP contribution < -0.4 is 5.32 Å². The van der Waals surface area contributed by atoms with Crippen LogP contribution in [0.5, 0.6) is 5.75 Å². The molecule has 3 N–H and O–H groups in total. The van der Waals surface area contributed by atoms with Crippen LogP contribution in [0.2, 0.25) is 0 Å². The second kappa shape index (κ2) is 9.84. The van der Waals surface area contributed by atoms with Crippen LogP contribution in [0.15, 0.2) is 47.4 Å². The molecule has 0 aliphatic carbocycles. The van der Waals surface area contributed by atoms with Crippen LogP contribution in [0.25, 0.3) is 6.08 Å². The Hall–Kier alpha value is -3.04. The average Bonchev–Trinajstić information content (AvgIpc) is 2.98. The summed E-state index contributed by atoms with van der Waals surface area (Å²) in [6.45, 7) is 0. The summed E-state index contributed by atoms with van der Waals surface area (Å²) in [5, 5.41) is 21.1. The number of hydrogen-bond acceptors (Lipinski definition) is 6. The molecule has 1 amide bonds. The molecule has 160 valence electrons. The van der Waals surface area contributed by atoms with Gasteiger partial charge >= 0.3 is 5.97 Å². The van der Waals surface area contributed by atoms with Crippen LogP contribution in [0.4, 0.5) is 10.1 Å². The van der Waals surface area contributed by atoms with Crippen LogP contribution in [0.1, 0.15) is 35.2 Å². The molecule has 1 fully saturated rings. The van der Waals surface area contributed by atoms with E-state index in [1.807, 2.05) is 0 Å². The van der Waals surface area contributed by atoms with Gasteiger partial charge in [0.15, 0.2) is 5.78 Å². The molecule has 1 atom stereocenters. The van der Waals surface area contributed by atoms with Gasteiger partial charge in [0, 0.05) is 12.0 Å². The molecule has 2 aromatic carbocycles. The Bertz CT molecular complexity index is 1100. The van der Waals surface area contributed by atoms with E-state index in [0.29, 0.717) is 27.5 Å². The first-order valence-electron chi connectivity index (χ1n) is 9.34. The Morgan fingerprint density at radius 2 is 1.97 bits per heavy atom. The van der Waals surface area contributed by atoms with Gasteiger partial charge in [0.25, 0.3) is 0 Å². The van der Waals surface area contributed by atoms with Gasteiger partial charge < -0.3 is 15.5 Å². The first-order valence-corrected chi connectivity index (χ1v) is 10.6. The molecular formula is C22H18FNO5S2. The van der Waals surface area contributed by atoms with Crippen LogP contribution in [0, 0.1) is 11.7 Å². The predicted molar refractivity (Wildman–Crippen MR) is 121 cm³/mol. The summed E-state index contributed by atoms with van der Waals surface area (Å²) in [6.07, 6.45) is 2.26. The Morgan fingerprint density at radius 3 is 2.68 bits per heavy atom. The van der Waals surface area contributed by atoms with Crippen molar-refractivity contribution in [1.82, 2.24) is 0 Å². The molecule has 1 unspecified atom stereocenters. The van der Waals surface area contributed by atoms with Gasteiger partial charge in [0.1, 0.15) is 11.6 Å². The number of Topliss-reactive ketones (excluding diaryl/α,β-unsaturated/α-hetero) is 1. The van der Waals surface area contributed by atoms with Crippen molar-refractivity contribution in [2.75, 3.05) is 5.32 Å². The molecule has 1 aliphatic heterocycles. The maximum absolute atomic E-state index is 13.8. The van der Waals surface area contributed by atoms with Gasteiger partial charge in [-0.3, -0.25) is 9.59 Å². The number of phenols is 1. The summed E-state index contributed by atoms with van der Waals surface area (Å²) in [5.41, 5.74) is 0.164. The fourth-order valence-electron chi connectivity index (χ4n) is 3.09. The number of carbonyl (C=O) groups is 3. The summed E-state index contributed by atoms with van der Waals surface area (Å²) in [4.78, 5) is 36.5. The third-order valence-corrected chi connectivity index (χ3v) is 6.21. The van der Waals surface area contributed by atoms with Crippen molar-refractivity contribution in [3.63, 3.8) is 0 Å². The van der Waals surface area contributed by atoms with Crippen LogP contribution in [-0.2, 0) is 9.59 Å². The van der Waals surface area contributed by atoms with Gasteiger partial charge in [-0.2, -0.15) is 0 Å². The number of thioether (sulfide) groups is 1. The minimum Gasteiger partial charge on any atom is -0.508 e. The number of carboxylic acids is 1. The van der Waals surface area contributed by atoms with E-state index in [4.69, 9.17) is 12.2 Å². The van der Waals surface area contributed by atoms with Crippen molar-refractivity contribution in [1.29, 1.82) is 0 Å². The minimum atomic E-state index is -1.28. The summed E-state index contributed by atoms with van der Waals surface area (Å²) in [5.74, 6) is -3.07. The number of anilines is 1. The molecular weight excluding hydrogens is 441 g/mol. The molecule has 0 bridgehead atoms. The number of aromatic carboxylic acids is 1. The van der Waals surface area contributed by atoms with Gasteiger partial charge in [-0.1, -0.05) is 42.2 Å². The van der Waals surface area contributed by atoms with E-state index in [0.717, 1.165) is 17.8 Å². The Balaban J connectivity index is 1.58. The molecule has 9 heteroatoms. The maximum Gasteiger partial charge on any atom is 0.337 e. The molecule has 3 rings (SSSR count). The molecule has 2 aromatic rings. The largest absolute Gasteiger partial charge is 0.508 e. The molecule has 0 spiro atoms. The Labute approximate surface area is 187 Å². The van der Waals surface area contributed by atoms with E-state index in [-0.39, 0.29) is 29.2 Å². The monoisotopic (exact) mass is 459 g/mol. The number of halogens is 1. The summed E-state index contributed by atoms with van der Waals surface area (Å²) in [7, 11) is 0. The highest BCUT2D eigenvalue weighted by molar-refractivity contribution is 8.27. The lowest BCUT2D eigenvalue weighted by molar-refractivity contribution is -0.118. The lowest BCUT2D eigenvalue weighted by atomic mass is 9.98. The van der Waals surface area contributed by atoms with E-state index in [1.165, 1.54) is 24.3 Å². The number of aromatic hydroxyl groups is 1. The average molecular weight is 460 g/mol. The molecule has 0 aromatic heterocycles. The zero-order valence-corrected chi connectivity index (χ0v) is 17.8. The first-order chi connectivity index (χ1) is 14.8. The van der Waals surface area contributed by atoms with E-state index in [1.54, 1.807) is 18.2 Å². The van der Waals surface area contributed by atoms with E-state index < -0.39 is 23.6 Å². The van der Waals surface area contributed by atoms with Crippen LogP contribution in [0.3, 0.4) is 0 Å². The summed E-state index contributed by atoms with van der Waals surface area (Å²) < 4.78 is 14.3. The van der Waals surface area contributed by atoms with Crippen LogP contribution >= 0.6 is 24.0 Å². The number of ketones is 1. The summed E-state index contributed by atoms with van der Waals surface area (Å²) >= 11 is 6.44. The van der Waals surface area contributed by atoms with Crippen molar-refractivity contribution < 1.29 is 29.0 Å². The third-order valence-electron chi connectivity index (χ3n) is 4.65. The smallest absolute Gasteiger partial charge is 0.337 e. The number of thiocarbonyl (C=S) groups is 1.